The summed E-state index contributed by atoms with van der Waals surface area (Å²) in [6.45, 7) is 3.24. The predicted molar refractivity (Wildman–Crippen MR) is 80.9 cm³/mol. The summed E-state index contributed by atoms with van der Waals surface area (Å²) in [5.41, 5.74) is 0. The molecule has 12 nitrogen and oxygen atoms in total. The van der Waals surface area contributed by atoms with E-state index in [0.29, 0.717) is 6.42 Å². The summed E-state index contributed by atoms with van der Waals surface area (Å²) < 4.78 is 50.5. The molecule has 1 aliphatic heterocycles. The Labute approximate surface area is 138 Å². The summed E-state index contributed by atoms with van der Waals surface area (Å²) in [6.07, 6.45) is 0.241. The Balaban J connectivity index is 2.56. The van der Waals surface area contributed by atoms with Gasteiger partial charge >= 0.3 is 138 Å². The quantitative estimate of drug-likeness (QED) is 0.319. The van der Waals surface area contributed by atoms with Gasteiger partial charge in [-0.15, -0.1) is 0 Å². The predicted octanol–water partition coefficient (Wildman–Crippen LogP) is 1.41. The van der Waals surface area contributed by atoms with Gasteiger partial charge in [0.15, 0.2) is 0 Å². The van der Waals surface area contributed by atoms with Crippen LogP contribution in [0.2, 0.25) is 6.32 Å². The fraction of sp³-hybridized carbons (Fsp3) is 1.00. The fourth-order valence-corrected chi connectivity index (χ4v) is 4.88. The van der Waals surface area contributed by atoms with Gasteiger partial charge < -0.3 is 0 Å². The molecule has 0 spiro atoms. The minimum absolute atomic E-state index is 0.0729. The van der Waals surface area contributed by atoms with Crippen LogP contribution in [0.15, 0.2) is 4.90 Å². The van der Waals surface area contributed by atoms with Crippen molar-refractivity contribution >= 4 is 30.5 Å². The zero-order valence-corrected chi connectivity index (χ0v) is 15.5. The van der Waals surface area contributed by atoms with E-state index >= 15 is 0 Å². The molecule has 0 aromatic heterocycles. The van der Waals surface area contributed by atoms with Crippen molar-refractivity contribution < 1.29 is 51.2 Å². The minimum atomic E-state index is -5.50. The van der Waals surface area contributed by atoms with Crippen molar-refractivity contribution in [1.82, 2.24) is 0 Å². The van der Waals surface area contributed by atoms with Crippen molar-refractivity contribution in [3.63, 3.8) is 0 Å². The average molecular weight is 409 g/mol. The molecule has 0 aliphatic carbocycles. The van der Waals surface area contributed by atoms with Gasteiger partial charge in [0.2, 0.25) is 0 Å². The summed E-state index contributed by atoms with van der Waals surface area (Å²) in [4.78, 5) is 39.4. The van der Waals surface area contributed by atoms with E-state index in [1.807, 2.05) is 6.92 Å². The van der Waals surface area contributed by atoms with Crippen LogP contribution in [0.1, 0.15) is 20.3 Å². The topological polar surface area (TPSA) is 181 Å². The number of phosphoric ester groups is 1. The van der Waals surface area contributed by atoms with Crippen molar-refractivity contribution in [3.8, 4) is 0 Å². The molecule has 0 amide bonds. The molecule has 4 N–H and O–H groups in total. The number of nitrogens with zero attached hydrogens (tertiary/aromatic N) is 1. The molecule has 5 atom stereocenters. The van der Waals surface area contributed by atoms with Gasteiger partial charge in [-0.25, -0.2) is 0 Å². The van der Waals surface area contributed by atoms with Gasteiger partial charge in [-0.2, -0.15) is 0 Å². The third-order valence-corrected chi connectivity index (χ3v) is 6.61. The number of hydrogen-bond acceptors (Lipinski definition) is 8. The molecule has 3 unspecified atom stereocenters. The second kappa shape index (κ2) is 8.75. The monoisotopic (exact) mass is 409 g/mol. The molecular weight excluding hydrogens is 390 g/mol. The third-order valence-electron chi connectivity index (χ3n) is 2.81. The first-order chi connectivity index (χ1) is 10.8. The van der Waals surface area contributed by atoms with Gasteiger partial charge in [0, 0.05) is 0 Å². The normalized spacial score (nSPS) is 30.0. The van der Waals surface area contributed by atoms with Gasteiger partial charge in [0.05, 0.1) is 0 Å². The third kappa shape index (κ3) is 8.55. The summed E-state index contributed by atoms with van der Waals surface area (Å²) in [5.74, 6) is -0.0729. The number of hydrogen-bond donors (Lipinski definition) is 4. The zero-order chi connectivity index (χ0) is 18.6. The molecule has 1 saturated heterocycles. The second-order valence-electron chi connectivity index (χ2n) is 4.97. The van der Waals surface area contributed by atoms with E-state index in [4.69, 9.17) is 19.4 Å². The van der Waals surface area contributed by atoms with Crippen LogP contribution < -0.4 is 0 Å². The van der Waals surface area contributed by atoms with Crippen molar-refractivity contribution in [2.45, 2.75) is 38.9 Å². The maximum absolute atomic E-state index is 11.6. The molecule has 1 rings (SSSR count). The van der Waals surface area contributed by atoms with Crippen LogP contribution in [0, 0.1) is 5.92 Å². The van der Waals surface area contributed by atoms with E-state index in [1.165, 1.54) is 0 Å². The van der Waals surface area contributed by atoms with Gasteiger partial charge in [0.1, 0.15) is 0 Å². The van der Waals surface area contributed by atoms with Crippen LogP contribution >= 0.6 is 23.5 Å². The Kier molecular flexibility index (Phi) is 8.12. The Morgan fingerprint density at radius 1 is 1.17 bits per heavy atom. The van der Waals surface area contributed by atoms with E-state index in [9.17, 15) is 18.6 Å². The molecule has 140 valence electrons. The molecule has 24 heavy (non-hydrogen) atoms. The Morgan fingerprint density at radius 2 is 1.79 bits per heavy atom. The van der Waals surface area contributed by atoms with Crippen LogP contribution in [0.5, 0.6) is 0 Å². The summed E-state index contributed by atoms with van der Waals surface area (Å²) in [7, 11) is -14.4. The van der Waals surface area contributed by atoms with Crippen molar-refractivity contribution in [3.05, 3.63) is 0 Å². The molecule has 1 fully saturated rings. The van der Waals surface area contributed by atoms with Crippen LogP contribution in [-0.2, 0) is 31.6 Å². The fourth-order valence-electron chi connectivity index (χ4n) is 1.85. The van der Waals surface area contributed by atoms with Gasteiger partial charge in [-0.05, 0) is 0 Å². The first-order valence-corrected chi connectivity index (χ1v) is 11.3. The Morgan fingerprint density at radius 3 is 2.33 bits per heavy atom. The van der Waals surface area contributed by atoms with Gasteiger partial charge in [0.25, 0.3) is 0 Å². The molecule has 0 radical (unpaired) electrons. The zero-order valence-electron chi connectivity index (χ0n) is 12.9. The Hall–Kier alpha value is 0.235. The number of ether oxygens (including phenoxy) is 1. The van der Waals surface area contributed by atoms with Crippen molar-refractivity contribution in [2.75, 3.05) is 6.61 Å². The summed E-state index contributed by atoms with van der Waals surface area (Å²) in [5, 5.41) is 0. The van der Waals surface area contributed by atoms with Crippen LogP contribution in [0.25, 0.3) is 0 Å². The van der Waals surface area contributed by atoms with Crippen molar-refractivity contribution in [1.29, 1.82) is 0 Å². The van der Waals surface area contributed by atoms with Gasteiger partial charge in [-0.3, -0.25) is 0 Å². The summed E-state index contributed by atoms with van der Waals surface area (Å²) in [6, 6.07) is 0. The molecule has 1 aliphatic rings. The maximum atomic E-state index is 11.6. The van der Waals surface area contributed by atoms with Gasteiger partial charge in [-0.1, -0.05) is 0 Å². The van der Waals surface area contributed by atoms with Crippen LogP contribution in [-0.4, -0.2) is 45.6 Å². The van der Waals surface area contributed by atoms with Crippen LogP contribution in [0.4, 0.5) is 0 Å². The standard InChI is InChI=1S/C8H19BNO11P3/c1-3-9-10-8-4-6(2)7(19-8)5-18-23(14,15)21-24(16,17)20-22(11,12)13/h6-8H,3-5H2,1-2H3,(H,14,15)(H,16,17)(H2,11,12,13)/t6?,7-,8-/m1/s1. The van der Waals surface area contributed by atoms with Crippen molar-refractivity contribution in [2.24, 2.45) is 10.8 Å². The Bertz CT molecular complexity index is 594. The van der Waals surface area contributed by atoms with E-state index < -0.39 is 42.4 Å². The number of phosphoric acid groups is 3. The molecule has 0 aromatic carbocycles. The van der Waals surface area contributed by atoms with E-state index in [1.54, 1.807) is 14.0 Å². The molecule has 0 bridgehead atoms. The molecule has 16 heteroatoms. The second-order valence-corrected chi connectivity index (χ2v) is 9.39. The molecule has 1 heterocycles. The number of rotatable bonds is 9. The van der Waals surface area contributed by atoms with E-state index in [2.05, 4.69) is 18.0 Å². The first-order valence-electron chi connectivity index (χ1n) is 6.79. The summed E-state index contributed by atoms with van der Waals surface area (Å²) >= 11 is 0. The molecule has 0 saturated carbocycles. The van der Waals surface area contributed by atoms with Crippen LogP contribution in [0.3, 0.4) is 0 Å². The molecule has 0 aromatic rings. The molecular formula is C8H19BNO11P3. The van der Waals surface area contributed by atoms with E-state index in [0.717, 1.165) is 6.32 Å². The first kappa shape index (κ1) is 22.3. The SMILES string of the molecule is CCB=N[C@H]1CC(C)[C@@H](COP(=O)(O)OP(=O)(O)OP(=O)(O)O)O1. The van der Waals surface area contributed by atoms with E-state index in [-0.39, 0.29) is 5.92 Å². The average Bonchev–Trinajstić information content (AvgIpc) is 2.70.